The number of fused-ring (bicyclic) bond motifs is 11. The Morgan fingerprint density at radius 2 is 1.19 bits per heavy atom. The predicted octanol–water partition coefficient (Wildman–Crippen LogP) is 14.2. The van der Waals surface area contributed by atoms with Crippen LogP contribution >= 0.6 is 22.7 Å². The van der Waals surface area contributed by atoms with Crippen LogP contribution in [0.2, 0.25) is 0 Å². The molecule has 5 heterocycles. The summed E-state index contributed by atoms with van der Waals surface area (Å²) in [6.45, 7) is 6.52. The first kappa shape index (κ1) is 31.2. The van der Waals surface area contributed by atoms with Crippen LogP contribution < -0.4 is 0 Å². The number of pyridine rings is 2. The number of nitrogens with zero attached hydrogens (tertiary/aromatic N) is 3. The van der Waals surface area contributed by atoms with E-state index in [4.69, 9.17) is 9.97 Å². The first-order chi connectivity index (χ1) is 26.6. The largest absolute Gasteiger partial charge is 0.313 e. The maximum atomic E-state index is 4.95. The monoisotopic (exact) mass is 725 g/mol. The lowest BCUT2D eigenvalue weighted by atomic mass is 9.97. The van der Waals surface area contributed by atoms with Crippen LogP contribution in [-0.4, -0.2) is 14.5 Å². The number of hydrogen-bond acceptors (Lipinski definition) is 4. The lowest BCUT2D eigenvalue weighted by Crippen LogP contribution is -1.96. The fourth-order valence-electron chi connectivity index (χ4n) is 8.20. The number of benzene rings is 6. The average Bonchev–Trinajstić information content (AvgIpc) is 3.88. The van der Waals surface area contributed by atoms with Crippen molar-refractivity contribution in [2.24, 2.45) is 0 Å². The molecule has 0 saturated carbocycles. The van der Waals surface area contributed by atoms with E-state index < -0.39 is 0 Å². The SMILES string of the molecule is C=C/C(=C\c1c(C)n(-c2ccccc2)c2ccc(-c3ccc4c(cnc5c6ccccc6sc45)c3)cc12)c1ccc2c(cnc3c4ccccc4sc23)c1. The number of aromatic nitrogens is 3. The van der Waals surface area contributed by atoms with Crippen molar-refractivity contribution in [2.75, 3.05) is 0 Å². The molecule has 0 spiro atoms. The normalized spacial score (nSPS) is 12.4. The van der Waals surface area contributed by atoms with Gasteiger partial charge in [-0.2, -0.15) is 0 Å². The Bertz CT molecular complexity index is 3360. The Morgan fingerprint density at radius 1 is 0.593 bits per heavy atom. The second-order valence-corrected chi connectivity index (χ2v) is 16.0. The van der Waals surface area contributed by atoms with Crippen molar-refractivity contribution in [2.45, 2.75) is 6.92 Å². The summed E-state index contributed by atoms with van der Waals surface area (Å²) in [7, 11) is 0. The van der Waals surface area contributed by atoms with Gasteiger partial charge in [0.05, 0.1) is 25.9 Å². The van der Waals surface area contributed by atoms with Gasteiger partial charge in [0.2, 0.25) is 0 Å². The zero-order valence-corrected chi connectivity index (χ0v) is 31.0. The second-order valence-electron chi connectivity index (χ2n) is 13.9. The third-order valence-corrected chi connectivity index (χ3v) is 13.2. The second kappa shape index (κ2) is 12.1. The molecule has 11 aromatic rings. The van der Waals surface area contributed by atoms with Gasteiger partial charge in [-0.05, 0) is 83.8 Å². The van der Waals surface area contributed by atoms with E-state index >= 15 is 0 Å². The molecular formula is C49H31N3S2. The van der Waals surface area contributed by atoms with E-state index in [0.29, 0.717) is 0 Å². The van der Waals surface area contributed by atoms with Gasteiger partial charge < -0.3 is 4.57 Å². The van der Waals surface area contributed by atoms with Crippen LogP contribution in [0.3, 0.4) is 0 Å². The third-order valence-electron chi connectivity index (χ3n) is 10.9. The number of thiophene rings is 2. The highest BCUT2D eigenvalue weighted by atomic mass is 32.1. The molecule has 54 heavy (non-hydrogen) atoms. The van der Waals surface area contributed by atoms with Crippen LogP contribution in [0.25, 0.3) is 102 Å². The van der Waals surface area contributed by atoms with Crippen LogP contribution in [0, 0.1) is 6.92 Å². The highest BCUT2D eigenvalue weighted by Gasteiger charge is 2.18. The summed E-state index contributed by atoms with van der Waals surface area (Å²) in [4.78, 5) is 9.89. The Hall–Kier alpha value is -6.40. The Labute approximate surface area is 319 Å². The van der Waals surface area contributed by atoms with Crippen molar-refractivity contribution in [3.05, 3.63) is 175 Å². The van der Waals surface area contributed by atoms with Crippen molar-refractivity contribution in [3.8, 4) is 16.8 Å². The third kappa shape index (κ3) is 4.72. The van der Waals surface area contributed by atoms with Gasteiger partial charge in [-0.25, -0.2) is 0 Å². The summed E-state index contributed by atoms with van der Waals surface area (Å²) in [6, 6.07) is 48.2. The van der Waals surface area contributed by atoms with Crippen LogP contribution in [0.15, 0.2) is 159 Å². The van der Waals surface area contributed by atoms with Gasteiger partial charge in [-0.3, -0.25) is 9.97 Å². The zero-order valence-electron chi connectivity index (χ0n) is 29.4. The van der Waals surface area contributed by atoms with Gasteiger partial charge in [-0.1, -0.05) is 97.6 Å². The quantitative estimate of drug-likeness (QED) is 0.165. The lowest BCUT2D eigenvalue weighted by Gasteiger charge is -2.09. The first-order valence-corrected chi connectivity index (χ1v) is 19.7. The molecule has 3 nitrogen and oxygen atoms in total. The molecule has 0 amide bonds. The van der Waals surface area contributed by atoms with E-state index in [-0.39, 0.29) is 0 Å². The van der Waals surface area contributed by atoms with Crippen molar-refractivity contribution in [3.63, 3.8) is 0 Å². The zero-order chi connectivity index (χ0) is 35.9. The Morgan fingerprint density at radius 3 is 1.87 bits per heavy atom. The molecule has 0 atom stereocenters. The van der Waals surface area contributed by atoms with Crippen LogP contribution in [0.4, 0.5) is 0 Å². The van der Waals surface area contributed by atoms with Gasteiger partial charge in [0, 0.05) is 76.4 Å². The molecular weight excluding hydrogens is 695 g/mol. The van der Waals surface area contributed by atoms with E-state index in [2.05, 4.69) is 158 Å². The summed E-state index contributed by atoms with van der Waals surface area (Å²) < 4.78 is 7.39. The van der Waals surface area contributed by atoms with Crippen LogP contribution in [0.5, 0.6) is 0 Å². The minimum Gasteiger partial charge on any atom is -0.313 e. The molecule has 0 unspecified atom stereocenters. The van der Waals surface area contributed by atoms with E-state index in [1.807, 2.05) is 41.1 Å². The highest BCUT2D eigenvalue weighted by Crippen LogP contribution is 2.41. The van der Waals surface area contributed by atoms with E-state index in [9.17, 15) is 0 Å². The first-order valence-electron chi connectivity index (χ1n) is 18.1. The molecule has 254 valence electrons. The molecule has 5 heteroatoms. The van der Waals surface area contributed by atoms with Crippen molar-refractivity contribution >= 4 is 107 Å². The fourth-order valence-corrected chi connectivity index (χ4v) is 10.6. The minimum atomic E-state index is 1.07. The van der Waals surface area contributed by atoms with Gasteiger partial charge in [0.15, 0.2) is 0 Å². The predicted molar refractivity (Wildman–Crippen MR) is 234 cm³/mol. The van der Waals surface area contributed by atoms with Crippen LogP contribution in [-0.2, 0) is 0 Å². The molecule has 0 aliphatic carbocycles. The number of para-hydroxylation sites is 1. The van der Waals surface area contributed by atoms with Gasteiger partial charge in [-0.15, -0.1) is 22.7 Å². The fraction of sp³-hybridized carbons (Fsp3) is 0.0204. The molecule has 0 radical (unpaired) electrons. The number of allylic oxidation sites excluding steroid dienone is 2. The molecule has 0 fully saturated rings. The summed E-state index contributed by atoms with van der Waals surface area (Å²) >= 11 is 3.64. The smallest absolute Gasteiger partial charge is 0.0894 e. The number of hydrogen-bond donors (Lipinski definition) is 0. The summed E-state index contributed by atoms with van der Waals surface area (Å²) in [5.41, 5.74) is 11.4. The van der Waals surface area contributed by atoms with Gasteiger partial charge in [0.1, 0.15) is 0 Å². The lowest BCUT2D eigenvalue weighted by molar-refractivity contribution is 1.05. The van der Waals surface area contributed by atoms with E-state index in [1.54, 1.807) is 0 Å². The Balaban J connectivity index is 1.07. The molecule has 6 aromatic carbocycles. The summed E-state index contributed by atoms with van der Waals surface area (Å²) in [6.07, 6.45) is 8.34. The summed E-state index contributed by atoms with van der Waals surface area (Å²) in [5, 5.41) is 8.39. The molecule has 11 rings (SSSR count). The number of rotatable bonds is 5. The average molecular weight is 726 g/mol. The molecule has 0 bridgehead atoms. The van der Waals surface area contributed by atoms with Crippen LogP contribution in [0.1, 0.15) is 16.8 Å². The van der Waals surface area contributed by atoms with Crippen molar-refractivity contribution in [1.82, 2.24) is 14.5 Å². The molecule has 0 N–H and O–H groups in total. The van der Waals surface area contributed by atoms with Gasteiger partial charge in [0.25, 0.3) is 0 Å². The van der Waals surface area contributed by atoms with E-state index in [1.165, 1.54) is 73.6 Å². The highest BCUT2D eigenvalue weighted by molar-refractivity contribution is 7.27. The van der Waals surface area contributed by atoms with Crippen molar-refractivity contribution < 1.29 is 0 Å². The standard InChI is InChI=1S/C49H31N3S2/c1-3-30(31-17-20-37-34(23-31)27-50-46-39-13-7-9-15-44(39)53-48(37)46)25-41-29(2)52(36-11-5-4-6-12-36)43-22-19-33(26-42(41)43)32-18-21-38-35(24-32)28-51-47-40-14-8-10-16-45(40)54-49(38)47/h3-28H,1H2,2H3/b30-25+. The summed E-state index contributed by atoms with van der Waals surface area (Å²) in [5.74, 6) is 0. The molecule has 5 aromatic heterocycles. The minimum absolute atomic E-state index is 1.07. The van der Waals surface area contributed by atoms with Gasteiger partial charge >= 0.3 is 0 Å². The molecule has 0 aliphatic rings. The Kier molecular flexibility index (Phi) is 6.96. The molecule has 0 aliphatic heterocycles. The molecule has 0 saturated heterocycles. The maximum Gasteiger partial charge on any atom is 0.0894 e. The maximum absolute atomic E-state index is 4.95. The van der Waals surface area contributed by atoms with Crippen molar-refractivity contribution in [1.29, 1.82) is 0 Å². The topological polar surface area (TPSA) is 30.7 Å². The van der Waals surface area contributed by atoms with E-state index in [0.717, 1.165) is 38.6 Å².